The summed E-state index contributed by atoms with van der Waals surface area (Å²) in [6, 6.07) is 9.79. The molecule has 2 heteroatoms. The van der Waals surface area contributed by atoms with Gasteiger partial charge >= 0.3 is 0 Å². The van der Waals surface area contributed by atoms with Crippen LogP contribution in [-0.4, -0.2) is 17.5 Å². The lowest BCUT2D eigenvalue weighted by molar-refractivity contribution is 0.482. The van der Waals surface area contributed by atoms with Gasteiger partial charge < -0.3 is 5.32 Å². The van der Waals surface area contributed by atoms with Crippen molar-refractivity contribution >= 4 is 11.8 Å². The number of thioether (sulfide) groups is 1. The highest BCUT2D eigenvalue weighted by molar-refractivity contribution is 7.99. The van der Waals surface area contributed by atoms with E-state index in [2.05, 4.69) is 55.2 Å². The molecule has 1 aromatic rings. The monoisotopic (exact) mass is 249 g/mol. The molecular formula is C15H23NS. The maximum Gasteiger partial charge on any atom is 0.0208 e. The van der Waals surface area contributed by atoms with E-state index in [1.807, 2.05) is 0 Å². The normalized spacial score (nSPS) is 17.6. The van der Waals surface area contributed by atoms with Crippen molar-refractivity contribution in [2.45, 2.75) is 45.2 Å². The van der Waals surface area contributed by atoms with Crippen molar-refractivity contribution in [2.24, 2.45) is 0 Å². The minimum atomic E-state index is 0.632. The quantitative estimate of drug-likeness (QED) is 0.871. The molecule has 0 aromatic heterocycles. The van der Waals surface area contributed by atoms with Gasteiger partial charge in [-0.15, -0.1) is 0 Å². The average molecular weight is 249 g/mol. The van der Waals surface area contributed by atoms with E-state index in [4.69, 9.17) is 0 Å². The van der Waals surface area contributed by atoms with Gasteiger partial charge in [-0.05, 0) is 41.4 Å². The van der Waals surface area contributed by atoms with Crippen molar-refractivity contribution in [3.63, 3.8) is 0 Å². The van der Waals surface area contributed by atoms with Crippen LogP contribution < -0.4 is 5.32 Å². The van der Waals surface area contributed by atoms with Crippen LogP contribution in [0, 0.1) is 0 Å². The Morgan fingerprint density at radius 2 is 1.82 bits per heavy atom. The first kappa shape index (κ1) is 13.0. The van der Waals surface area contributed by atoms with Crippen molar-refractivity contribution in [3.8, 4) is 0 Å². The number of hydrogen-bond donors (Lipinski definition) is 1. The smallest absolute Gasteiger partial charge is 0.0208 e. The maximum atomic E-state index is 3.67. The summed E-state index contributed by atoms with van der Waals surface area (Å²) in [6.45, 7) is 5.51. The van der Waals surface area contributed by atoms with Gasteiger partial charge in [0.2, 0.25) is 0 Å². The van der Waals surface area contributed by atoms with E-state index in [1.165, 1.54) is 35.5 Å². The van der Waals surface area contributed by atoms with E-state index in [-0.39, 0.29) is 0 Å². The molecule has 1 N–H and O–H groups in total. The standard InChI is InChI=1S/C15H23NS/c1-12(2)14-5-3-13(4-6-14)11-16-15-7-9-17-10-8-15/h3-6,12,15-16H,7-11H2,1-2H3. The molecule has 1 aromatic carbocycles. The molecule has 1 saturated heterocycles. The van der Waals surface area contributed by atoms with E-state index in [9.17, 15) is 0 Å². The Balaban J connectivity index is 1.82. The highest BCUT2D eigenvalue weighted by Gasteiger charge is 2.12. The van der Waals surface area contributed by atoms with Crippen LogP contribution in [0.2, 0.25) is 0 Å². The summed E-state index contributed by atoms with van der Waals surface area (Å²) in [4.78, 5) is 0. The molecule has 0 unspecified atom stereocenters. The molecule has 0 spiro atoms. The SMILES string of the molecule is CC(C)c1ccc(CNC2CCSCC2)cc1. The van der Waals surface area contributed by atoms with Crippen molar-refractivity contribution < 1.29 is 0 Å². The third-order valence-corrected chi connectivity index (χ3v) is 4.51. The summed E-state index contributed by atoms with van der Waals surface area (Å²) >= 11 is 2.09. The van der Waals surface area contributed by atoms with Gasteiger partial charge in [-0.25, -0.2) is 0 Å². The molecule has 0 atom stereocenters. The molecule has 0 radical (unpaired) electrons. The number of benzene rings is 1. The van der Waals surface area contributed by atoms with E-state index >= 15 is 0 Å². The summed E-state index contributed by atoms with van der Waals surface area (Å²) in [5.41, 5.74) is 2.84. The molecule has 1 heterocycles. The molecule has 1 aliphatic heterocycles. The number of hydrogen-bond acceptors (Lipinski definition) is 2. The molecule has 0 saturated carbocycles. The molecule has 0 amide bonds. The maximum absolute atomic E-state index is 3.67. The predicted molar refractivity (Wildman–Crippen MR) is 77.7 cm³/mol. The van der Waals surface area contributed by atoms with Gasteiger partial charge in [-0.3, -0.25) is 0 Å². The zero-order chi connectivity index (χ0) is 12.1. The molecule has 0 bridgehead atoms. The first-order valence-corrected chi connectivity index (χ1v) is 7.81. The molecule has 2 rings (SSSR count). The van der Waals surface area contributed by atoms with Crippen molar-refractivity contribution in [3.05, 3.63) is 35.4 Å². The predicted octanol–water partition coefficient (Wildman–Crippen LogP) is 3.80. The van der Waals surface area contributed by atoms with E-state index in [0.717, 1.165) is 12.6 Å². The minimum Gasteiger partial charge on any atom is -0.310 e. The zero-order valence-electron chi connectivity index (χ0n) is 10.9. The van der Waals surface area contributed by atoms with Gasteiger partial charge in [-0.1, -0.05) is 38.1 Å². The first-order chi connectivity index (χ1) is 8.25. The van der Waals surface area contributed by atoms with Crippen LogP contribution in [0.5, 0.6) is 0 Å². The molecule has 0 aliphatic carbocycles. The number of nitrogens with one attached hydrogen (secondary N) is 1. The van der Waals surface area contributed by atoms with Gasteiger partial charge in [0.05, 0.1) is 0 Å². The zero-order valence-corrected chi connectivity index (χ0v) is 11.7. The summed E-state index contributed by atoms with van der Waals surface area (Å²) in [7, 11) is 0. The molecule has 17 heavy (non-hydrogen) atoms. The van der Waals surface area contributed by atoms with Crippen LogP contribution in [0.25, 0.3) is 0 Å². The lowest BCUT2D eigenvalue weighted by Gasteiger charge is -2.22. The van der Waals surface area contributed by atoms with Crippen molar-refractivity contribution in [2.75, 3.05) is 11.5 Å². The van der Waals surface area contributed by atoms with Crippen molar-refractivity contribution in [1.82, 2.24) is 5.32 Å². The Kier molecular flexibility index (Phi) is 4.93. The van der Waals surface area contributed by atoms with Gasteiger partial charge in [0, 0.05) is 12.6 Å². The average Bonchev–Trinajstić information content (AvgIpc) is 2.38. The van der Waals surface area contributed by atoms with Gasteiger partial charge in [0.1, 0.15) is 0 Å². The van der Waals surface area contributed by atoms with Gasteiger partial charge in [0.25, 0.3) is 0 Å². The Hall–Kier alpha value is -0.470. The fourth-order valence-corrected chi connectivity index (χ4v) is 3.29. The fourth-order valence-electron chi connectivity index (χ4n) is 2.18. The van der Waals surface area contributed by atoms with Crippen LogP contribution >= 0.6 is 11.8 Å². The van der Waals surface area contributed by atoms with Crippen LogP contribution in [0.3, 0.4) is 0 Å². The lowest BCUT2D eigenvalue weighted by Crippen LogP contribution is -2.31. The fraction of sp³-hybridized carbons (Fsp3) is 0.600. The highest BCUT2D eigenvalue weighted by Crippen LogP contribution is 2.18. The molecule has 1 nitrogen and oxygen atoms in total. The summed E-state index contributed by atoms with van der Waals surface area (Å²) in [6.07, 6.45) is 2.66. The third-order valence-electron chi connectivity index (χ3n) is 3.46. The Labute approximate surface area is 109 Å². The Morgan fingerprint density at radius 3 is 2.41 bits per heavy atom. The Bertz CT molecular complexity index is 325. The first-order valence-electron chi connectivity index (χ1n) is 6.65. The van der Waals surface area contributed by atoms with Crippen LogP contribution in [0.1, 0.15) is 43.7 Å². The lowest BCUT2D eigenvalue weighted by atomic mass is 10.0. The topological polar surface area (TPSA) is 12.0 Å². The second-order valence-corrected chi connectivity index (χ2v) is 6.39. The molecule has 94 valence electrons. The Morgan fingerprint density at radius 1 is 1.18 bits per heavy atom. The van der Waals surface area contributed by atoms with Gasteiger partial charge in [0.15, 0.2) is 0 Å². The van der Waals surface area contributed by atoms with Crippen LogP contribution in [-0.2, 0) is 6.54 Å². The summed E-state index contributed by atoms with van der Waals surface area (Å²) in [5, 5.41) is 3.67. The van der Waals surface area contributed by atoms with Crippen LogP contribution in [0.15, 0.2) is 24.3 Å². The summed E-state index contributed by atoms with van der Waals surface area (Å²) in [5.74, 6) is 3.28. The van der Waals surface area contributed by atoms with Gasteiger partial charge in [-0.2, -0.15) is 11.8 Å². The molecule has 1 fully saturated rings. The largest absolute Gasteiger partial charge is 0.310 e. The highest BCUT2D eigenvalue weighted by atomic mass is 32.2. The second-order valence-electron chi connectivity index (χ2n) is 5.16. The van der Waals surface area contributed by atoms with E-state index in [0.29, 0.717) is 5.92 Å². The minimum absolute atomic E-state index is 0.632. The van der Waals surface area contributed by atoms with Crippen LogP contribution in [0.4, 0.5) is 0 Å². The molecular weight excluding hydrogens is 226 g/mol. The van der Waals surface area contributed by atoms with E-state index in [1.54, 1.807) is 0 Å². The summed E-state index contributed by atoms with van der Waals surface area (Å²) < 4.78 is 0. The second kappa shape index (κ2) is 6.46. The van der Waals surface area contributed by atoms with E-state index < -0.39 is 0 Å². The van der Waals surface area contributed by atoms with Crippen molar-refractivity contribution in [1.29, 1.82) is 0 Å². The number of rotatable bonds is 4. The molecule has 1 aliphatic rings. The third kappa shape index (κ3) is 4.04.